The lowest BCUT2D eigenvalue weighted by Gasteiger charge is -2.56. The van der Waals surface area contributed by atoms with E-state index in [9.17, 15) is 4.79 Å². The van der Waals surface area contributed by atoms with Gasteiger partial charge in [0.05, 0.1) is 11.3 Å². The van der Waals surface area contributed by atoms with Crippen LogP contribution < -0.4 is 5.48 Å². The highest BCUT2D eigenvalue weighted by atomic mass is 16.5. The minimum atomic E-state index is -0.485. The topological polar surface area (TPSA) is 68.7 Å². The average Bonchev–Trinajstić information content (AvgIpc) is 3.50. The highest BCUT2D eigenvalue weighted by Crippen LogP contribution is 2.51. The van der Waals surface area contributed by atoms with Crippen LogP contribution in [0.1, 0.15) is 60.1 Å². The second-order valence-electron chi connectivity index (χ2n) is 8.86. The van der Waals surface area contributed by atoms with Crippen molar-refractivity contribution in [2.75, 3.05) is 19.6 Å². The molecule has 1 amide bonds. The van der Waals surface area contributed by atoms with Crippen molar-refractivity contribution in [2.24, 2.45) is 5.41 Å². The van der Waals surface area contributed by atoms with Crippen molar-refractivity contribution in [1.82, 2.24) is 20.3 Å². The van der Waals surface area contributed by atoms with Gasteiger partial charge in [-0.3, -0.25) is 24.8 Å². The van der Waals surface area contributed by atoms with Gasteiger partial charge in [0.25, 0.3) is 5.91 Å². The van der Waals surface area contributed by atoms with Crippen molar-refractivity contribution in [3.63, 3.8) is 0 Å². The number of amides is 1. The number of carbonyl (C=O) groups excluding carboxylic acids is 1. The first-order valence-corrected chi connectivity index (χ1v) is 10.1. The van der Waals surface area contributed by atoms with Gasteiger partial charge in [0.15, 0.2) is 0 Å². The second-order valence-corrected chi connectivity index (χ2v) is 8.86. The molecule has 0 radical (unpaired) electrons. The highest BCUT2D eigenvalue weighted by Gasteiger charge is 2.50. The molecular formula is C20H28N4O2. The zero-order valence-electron chi connectivity index (χ0n) is 15.3. The van der Waals surface area contributed by atoms with Crippen LogP contribution in [0.2, 0.25) is 0 Å². The number of nitrogens with zero attached hydrogens (tertiary/aromatic N) is 3. The summed E-state index contributed by atoms with van der Waals surface area (Å²) in [5.41, 5.74) is 4.95. The standard InChI is InChI=1S/C20H28N4O2/c25-19(22-26)15-8-14-4-7-23(12-18(14)21-11-15)17-9-20(10-17)5-1-6-24(13-20)16-2-3-16/h8,11,16-17,26H,1-7,9-10,12-13H2,(H,22,25). The van der Waals surface area contributed by atoms with Crippen molar-refractivity contribution in [2.45, 2.75) is 63.6 Å². The number of hydroxylamine groups is 1. The molecule has 1 aromatic heterocycles. The molecular weight excluding hydrogens is 328 g/mol. The quantitative estimate of drug-likeness (QED) is 0.640. The molecule has 0 atom stereocenters. The summed E-state index contributed by atoms with van der Waals surface area (Å²) in [4.78, 5) is 21.4. The Labute approximate surface area is 154 Å². The van der Waals surface area contributed by atoms with Crippen molar-refractivity contribution in [3.8, 4) is 0 Å². The fourth-order valence-corrected chi connectivity index (χ4v) is 5.46. The molecule has 4 aliphatic rings. The monoisotopic (exact) mass is 356 g/mol. The number of fused-ring (bicyclic) bond motifs is 1. The lowest BCUT2D eigenvalue weighted by atomic mass is 9.60. The maximum Gasteiger partial charge on any atom is 0.276 e. The van der Waals surface area contributed by atoms with Crippen molar-refractivity contribution < 1.29 is 10.0 Å². The lowest BCUT2D eigenvalue weighted by molar-refractivity contribution is -0.0566. The SMILES string of the molecule is O=C(NO)c1cnc2c(c1)CCN(C1CC3(CCCN(C4CC4)C3)C1)C2. The third-order valence-electron chi connectivity index (χ3n) is 7.05. The number of pyridine rings is 1. The number of carbonyl (C=O) groups is 1. The van der Waals surface area contributed by atoms with Gasteiger partial charge in [0.1, 0.15) is 0 Å². The van der Waals surface area contributed by atoms with Crippen LogP contribution in [0.4, 0.5) is 0 Å². The largest absolute Gasteiger partial charge is 0.300 e. The molecule has 0 unspecified atom stereocenters. The number of aromatic nitrogens is 1. The summed E-state index contributed by atoms with van der Waals surface area (Å²) in [5, 5.41) is 8.79. The third kappa shape index (κ3) is 2.94. The van der Waals surface area contributed by atoms with E-state index >= 15 is 0 Å². The molecule has 2 aliphatic heterocycles. The highest BCUT2D eigenvalue weighted by molar-refractivity contribution is 5.93. The molecule has 6 nitrogen and oxygen atoms in total. The Morgan fingerprint density at radius 3 is 2.85 bits per heavy atom. The molecule has 2 N–H and O–H groups in total. The molecule has 2 aliphatic carbocycles. The molecule has 1 spiro atoms. The Balaban J connectivity index is 1.21. The van der Waals surface area contributed by atoms with Crippen LogP contribution in [0.5, 0.6) is 0 Å². The van der Waals surface area contributed by atoms with Crippen LogP contribution >= 0.6 is 0 Å². The molecule has 0 bridgehead atoms. The van der Waals surface area contributed by atoms with Gasteiger partial charge in [-0.05, 0) is 68.5 Å². The molecule has 140 valence electrons. The van der Waals surface area contributed by atoms with E-state index in [1.807, 2.05) is 6.07 Å². The predicted octanol–water partition coefficient (Wildman–Crippen LogP) is 1.97. The summed E-state index contributed by atoms with van der Waals surface area (Å²) in [7, 11) is 0. The molecule has 6 heteroatoms. The van der Waals surface area contributed by atoms with Crippen LogP contribution in [0.25, 0.3) is 0 Å². The van der Waals surface area contributed by atoms with E-state index in [0.717, 1.165) is 36.8 Å². The van der Waals surface area contributed by atoms with Gasteiger partial charge in [-0.25, -0.2) is 5.48 Å². The van der Waals surface area contributed by atoms with Crippen molar-refractivity contribution in [3.05, 3.63) is 29.1 Å². The zero-order chi connectivity index (χ0) is 17.7. The minimum Gasteiger partial charge on any atom is -0.300 e. The Morgan fingerprint density at radius 2 is 2.08 bits per heavy atom. The van der Waals surface area contributed by atoms with Gasteiger partial charge in [-0.1, -0.05) is 0 Å². The molecule has 1 saturated heterocycles. The summed E-state index contributed by atoms with van der Waals surface area (Å²) in [6.07, 6.45) is 10.8. The number of hydrogen-bond donors (Lipinski definition) is 2. The van der Waals surface area contributed by atoms with Crippen LogP contribution in [0.15, 0.2) is 12.3 Å². The molecule has 1 aromatic rings. The van der Waals surface area contributed by atoms with Gasteiger partial charge >= 0.3 is 0 Å². The fourth-order valence-electron chi connectivity index (χ4n) is 5.46. The maximum atomic E-state index is 11.6. The summed E-state index contributed by atoms with van der Waals surface area (Å²) in [6.45, 7) is 4.59. The van der Waals surface area contributed by atoms with Crippen LogP contribution in [0.3, 0.4) is 0 Å². The number of piperidine rings is 1. The van der Waals surface area contributed by atoms with Crippen molar-refractivity contribution >= 4 is 5.91 Å². The number of nitrogens with one attached hydrogen (secondary N) is 1. The summed E-state index contributed by atoms with van der Waals surface area (Å²) in [5.74, 6) is -0.485. The summed E-state index contributed by atoms with van der Waals surface area (Å²) in [6, 6.07) is 3.48. The molecule has 3 heterocycles. The molecule has 5 rings (SSSR count). The number of likely N-dealkylation sites (tertiary alicyclic amines) is 1. The molecule has 3 fully saturated rings. The van der Waals surface area contributed by atoms with Crippen molar-refractivity contribution in [1.29, 1.82) is 0 Å². The number of rotatable bonds is 3. The van der Waals surface area contributed by atoms with Crippen LogP contribution in [-0.4, -0.2) is 57.6 Å². The van der Waals surface area contributed by atoms with Gasteiger partial charge < -0.3 is 0 Å². The molecule has 0 aromatic carbocycles. The van der Waals surface area contributed by atoms with E-state index in [4.69, 9.17) is 5.21 Å². The Hall–Kier alpha value is -1.50. The fraction of sp³-hybridized carbons (Fsp3) is 0.700. The molecule has 26 heavy (non-hydrogen) atoms. The first-order chi connectivity index (χ1) is 12.7. The van der Waals surface area contributed by atoms with E-state index in [-0.39, 0.29) is 0 Å². The van der Waals surface area contributed by atoms with Crippen LogP contribution in [0, 0.1) is 5.41 Å². The zero-order valence-corrected chi connectivity index (χ0v) is 15.3. The van der Waals surface area contributed by atoms with E-state index in [1.165, 1.54) is 51.6 Å². The van der Waals surface area contributed by atoms with E-state index in [1.54, 1.807) is 11.7 Å². The van der Waals surface area contributed by atoms with E-state index < -0.39 is 5.91 Å². The summed E-state index contributed by atoms with van der Waals surface area (Å²) < 4.78 is 0. The Kier molecular flexibility index (Phi) is 4.03. The van der Waals surface area contributed by atoms with Gasteiger partial charge in [-0.2, -0.15) is 0 Å². The third-order valence-corrected chi connectivity index (χ3v) is 7.05. The van der Waals surface area contributed by atoms with Crippen LogP contribution in [-0.2, 0) is 13.0 Å². The van der Waals surface area contributed by atoms with Gasteiger partial charge in [0, 0.05) is 37.9 Å². The minimum absolute atomic E-state index is 0.435. The summed E-state index contributed by atoms with van der Waals surface area (Å²) >= 11 is 0. The average molecular weight is 356 g/mol. The predicted molar refractivity (Wildman–Crippen MR) is 96.9 cm³/mol. The smallest absolute Gasteiger partial charge is 0.276 e. The first kappa shape index (κ1) is 16.7. The Bertz CT molecular complexity index is 712. The van der Waals surface area contributed by atoms with E-state index in [2.05, 4.69) is 14.8 Å². The number of hydrogen-bond acceptors (Lipinski definition) is 5. The first-order valence-electron chi connectivity index (χ1n) is 10.1. The lowest BCUT2D eigenvalue weighted by Crippen LogP contribution is -2.58. The van der Waals surface area contributed by atoms with Gasteiger partial charge in [-0.15, -0.1) is 0 Å². The Morgan fingerprint density at radius 1 is 1.23 bits per heavy atom. The maximum absolute atomic E-state index is 11.6. The normalized spacial score (nSPS) is 32.1. The van der Waals surface area contributed by atoms with E-state index in [0.29, 0.717) is 17.0 Å². The second kappa shape index (κ2) is 6.29. The van der Waals surface area contributed by atoms with Gasteiger partial charge in [0.2, 0.25) is 0 Å². The molecule has 2 saturated carbocycles.